The molecule has 0 atom stereocenters. The smallest absolute Gasteiger partial charge is 0.143 e. The van der Waals surface area contributed by atoms with Crippen LogP contribution < -0.4 is 5.32 Å². The first kappa shape index (κ1) is 12.1. The number of nitrogens with one attached hydrogen (secondary N) is 1. The van der Waals surface area contributed by atoms with Gasteiger partial charge in [-0.3, -0.25) is 4.98 Å². The fourth-order valence-corrected chi connectivity index (χ4v) is 1.85. The van der Waals surface area contributed by atoms with Crippen LogP contribution in [0.15, 0.2) is 36.7 Å². The van der Waals surface area contributed by atoms with Gasteiger partial charge in [-0.2, -0.15) is 0 Å². The normalized spacial score (nSPS) is 10.3. The van der Waals surface area contributed by atoms with Crippen molar-refractivity contribution < 1.29 is 4.39 Å². The molecule has 1 aromatic heterocycles. The lowest BCUT2D eigenvalue weighted by atomic mass is 10.2. The fourth-order valence-electron chi connectivity index (χ4n) is 1.37. The van der Waals surface area contributed by atoms with Gasteiger partial charge in [-0.25, -0.2) is 4.39 Å². The van der Waals surface area contributed by atoms with Crippen LogP contribution in [0.5, 0.6) is 0 Å². The van der Waals surface area contributed by atoms with Crippen LogP contribution in [0.1, 0.15) is 5.56 Å². The number of hydrogen-bond donors (Lipinski definition) is 1. The lowest BCUT2D eigenvalue weighted by molar-refractivity contribution is 0.622. The van der Waals surface area contributed by atoms with Gasteiger partial charge in [0.05, 0.1) is 18.1 Å². The van der Waals surface area contributed by atoms with Crippen LogP contribution in [0, 0.1) is 5.82 Å². The molecule has 0 bridgehead atoms. The first-order valence-electron chi connectivity index (χ1n) is 4.93. The Balaban J connectivity index is 2.07. The molecule has 17 heavy (non-hydrogen) atoms. The van der Waals surface area contributed by atoms with Gasteiger partial charge in [-0.05, 0) is 17.7 Å². The van der Waals surface area contributed by atoms with Gasteiger partial charge < -0.3 is 5.32 Å². The van der Waals surface area contributed by atoms with Crippen molar-refractivity contribution in [2.45, 2.75) is 6.54 Å². The Bertz CT molecular complexity index is 532. The minimum Gasteiger partial charge on any atom is -0.380 e. The van der Waals surface area contributed by atoms with Crippen LogP contribution in [-0.2, 0) is 6.54 Å². The lowest BCUT2D eigenvalue weighted by Gasteiger charge is -2.08. The second-order valence-electron chi connectivity index (χ2n) is 3.48. The number of hydrogen-bond acceptors (Lipinski definition) is 2. The van der Waals surface area contributed by atoms with E-state index in [-0.39, 0.29) is 5.82 Å². The molecule has 0 saturated heterocycles. The molecule has 5 heteroatoms. The number of benzene rings is 1. The number of nitrogens with zero attached hydrogens (tertiary/aromatic N) is 1. The average Bonchev–Trinajstić information content (AvgIpc) is 2.28. The molecule has 0 saturated carbocycles. The topological polar surface area (TPSA) is 24.9 Å². The molecule has 2 rings (SSSR count). The van der Waals surface area contributed by atoms with Crippen molar-refractivity contribution in [1.29, 1.82) is 0 Å². The monoisotopic (exact) mass is 270 g/mol. The third-order valence-electron chi connectivity index (χ3n) is 2.20. The first-order chi connectivity index (χ1) is 8.15. The summed E-state index contributed by atoms with van der Waals surface area (Å²) in [6.07, 6.45) is 2.70. The maximum atomic E-state index is 12.9. The number of halogens is 3. The molecule has 1 heterocycles. The Morgan fingerprint density at radius 2 is 2.00 bits per heavy atom. The quantitative estimate of drug-likeness (QED) is 0.907. The second kappa shape index (κ2) is 5.34. The molecular formula is C12H9Cl2FN2. The zero-order valence-electron chi connectivity index (χ0n) is 8.75. The Morgan fingerprint density at radius 1 is 1.18 bits per heavy atom. The Morgan fingerprint density at radius 3 is 2.71 bits per heavy atom. The van der Waals surface area contributed by atoms with E-state index in [9.17, 15) is 4.39 Å². The minimum absolute atomic E-state index is 0.378. The Kier molecular flexibility index (Phi) is 3.82. The molecule has 0 aliphatic carbocycles. The minimum atomic E-state index is -0.378. The van der Waals surface area contributed by atoms with Gasteiger partial charge in [-0.15, -0.1) is 0 Å². The number of rotatable bonds is 3. The zero-order chi connectivity index (χ0) is 12.3. The van der Waals surface area contributed by atoms with E-state index in [2.05, 4.69) is 10.3 Å². The van der Waals surface area contributed by atoms with Crippen LogP contribution in [-0.4, -0.2) is 4.98 Å². The summed E-state index contributed by atoms with van der Waals surface area (Å²) in [4.78, 5) is 3.74. The van der Waals surface area contributed by atoms with Gasteiger partial charge in [0.15, 0.2) is 0 Å². The summed E-state index contributed by atoms with van der Waals surface area (Å²) in [7, 11) is 0. The highest BCUT2D eigenvalue weighted by atomic mass is 35.5. The van der Waals surface area contributed by atoms with Crippen LogP contribution in [0.25, 0.3) is 0 Å². The molecule has 1 aromatic carbocycles. The van der Waals surface area contributed by atoms with Crippen molar-refractivity contribution in [2.75, 3.05) is 5.32 Å². The highest BCUT2D eigenvalue weighted by molar-refractivity contribution is 6.35. The molecule has 0 aliphatic heterocycles. The molecule has 2 nitrogen and oxygen atoms in total. The van der Waals surface area contributed by atoms with Crippen molar-refractivity contribution in [3.8, 4) is 0 Å². The zero-order valence-corrected chi connectivity index (χ0v) is 10.3. The van der Waals surface area contributed by atoms with Crippen LogP contribution in [0.4, 0.5) is 10.1 Å². The summed E-state index contributed by atoms with van der Waals surface area (Å²) in [6, 6.07) is 6.62. The van der Waals surface area contributed by atoms with Crippen molar-refractivity contribution in [1.82, 2.24) is 4.98 Å². The Hall–Kier alpha value is -1.32. The standard InChI is InChI=1S/C12H9Cl2FN2/c13-9-2-1-8(12(14)3-9)5-17-11-4-10(15)6-16-7-11/h1-4,6-7,17H,5H2. The molecular weight excluding hydrogens is 262 g/mol. The highest BCUT2D eigenvalue weighted by Crippen LogP contribution is 2.21. The highest BCUT2D eigenvalue weighted by Gasteiger charge is 2.01. The van der Waals surface area contributed by atoms with Gasteiger partial charge in [0.1, 0.15) is 5.82 Å². The maximum absolute atomic E-state index is 12.9. The van der Waals surface area contributed by atoms with Gasteiger partial charge in [-0.1, -0.05) is 29.3 Å². The SMILES string of the molecule is Fc1cncc(NCc2ccc(Cl)cc2Cl)c1. The maximum Gasteiger partial charge on any atom is 0.143 e. The van der Waals surface area contributed by atoms with E-state index >= 15 is 0 Å². The summed E-state index contributed by atoms with van der Waals surface area (Å²) in [5.74, 6) is -0.378. The summed E-state index contributed by atoms with van der Waals surface area (Å²) < 4.78 is 12.9. The van der Waals surface area contributed by atoms with Crippen molar-refractivity contribution in [3.05, 3.63) is 58.1 Å². The van der Waals surface area contributed by atoms with Gasteiger partial charge in [0.25, 0.3) is 0 Å². The van der Waals surface area contributed by atoms with E-state index < -0.39 is 0 Å². The van der Waals surface area contributed by atoms with Crippen LogP contribution >= 0.6 is 23.2 Å². The van der Waals surface area contributed by atoms with Gasteiger partial charge in [0, 0.05) is 22.7 Å². The molecule has 88 valence electrons. The lowest BCUT2D eigenvalue weighted by Crippen LogP contribution is -2.00. The van der Waals surface area contributed by atoms with Crippen molar-refractivity contribution in [2.24, 2.45) is 0 Å². The molecule has 0 radical (unpaired) electrons. The van der Waals surface area contributed by atoms with Gasteiger partial charge in [0.2, 0.25) is 0 Å². The Labute approximate surface area is 108 Å². The average molecular weight is 271 g/mol. The molecule has 2 aromatic rings. The largest absolute Gasteiger partial charge is 0.380 e. The second-order valence-corrected chi connectivity index (χ2v) is 4.32. The summed E-state index contributed by atoms with van der Waals surface area (Å²) >= 11 is 11.8. The van der Waals surface area contributed by atoms with Crippen molar-refractivity contribution >= 4 is 28.9 Å². The first-order valence-corrected chi connectivity index (χ1v) is 5.69. The molecule has 0 aliphatic rings. The molecule has 0 fully saturated rings. The van der Waals surface area contributed by atoms with Crippen molar-refractivity contribution in [3.63, 3.8) is 0 Å². The van der Waals surface area contributed by atoms with Crippen LogP contribution in [0.2, 0.25) is 10.0 Å². The summed E-state index contributed by atoms with van der Waals surface area (Å²) in [5, 5.41) is 4.20. The molecule has 1 N–H and O–H groups in total. The third-order valence-corrected chi connectivity index (χ3v) is 2.79. The summed E-state index contributed by atoms with van der Waals surface area (Å²) in [6.45, 7) is 0.487. The molecule has 0 amide bonds. The molecule has 0 spiro atoms. The summed E-state index contributed by atoms with van der Waals surface area (Å²) in [5.41, 5.74) is 1.50. The predicted octanol–water partition coefficient (Wildman–Crippen LogP) is 4.14. The van der Waals surface area contributed by atoms with E-state index in [0.29, 0.717) is 22.3 Å². The number of pyridine rings is 1. The van der Waals surface area contributed by atoms with Crippen LogP contribution in [0.3, 0.4) is 0 Å². The van der Waals surface area contributed by atoms with E-state index in [0.717, 1.165) is 11.8 Å². The predicted molar refractivity (Wildman–Crippen MR) is 68.0 cm³/mol. The third kappa shape index (κ3) is 3.32. The van der Waals surface area contributed by atoms with E-state index in [1.807, 2.05) is 6.07 Å². The van der Waals surface area contributed by atoms with E-state index in [1.165, 1.54) is 6.07 Å². The van der Waals surface area contributed by atoms with Gasteiger partial charge >= 0.3 is 0 Å². The van der Waals surface area contributed by atoms with E-state index in [4.69, 9.17) is 23.2 Å². The number of aromatic nitrogens is 1. The number of anilines is 1. The van der Waals surface area contributed by atoms with E-state index in [1.54, 1.807) is 18.3 Å². The molecule has 0 unspecified atom stereocenters. The fraction of sp³-hybridized carbons (Fsp3) is 0.0833.